The number of benzene rings is 1. The summed E-state index contributed by atoms with van der Waals surface area (Å²) >= 11 is 0. The zero-order valence-electron chi connectivity index (χ0n) is 10.9. The lowest BCUT2D eigenvalue weighted by atomic mass is 10.1. The van der Waals surface area contributed by atoms with Crippen molar-refractivity contribution in [3.63, 3.8) is 0 Å². The van der Waals surface area contributed by atoms with E-state index >= 15 is 0 Å². The molecule has 1 aliphatic carbocycles. The number of hydrogen-bond donors (Lipinski definition) is 1. The van der Waals surface area contributed by atoms with Crippen LogP contribution >= 0.6 is 0 Å². The smallest absolute Gasteiger partial charge is 0.208 e. The number of hydrogen-bond acceptors (Lipinski definition) is 2. The van der Waals surface area contributed by atoms with Crippen LogP contribution in [-0.2, 0) is 10.0 Å². The van der Waals surface area contributed by atoms with Gasteiger partial charge >= 0.3 is 0 Å². The van der Waals surface area contributed by atoms with E-state index in [1.807, 2.05) is 13.0 Å². The Labute approximate surface area is 110 Å². The summed E-state index contributed by atoms with van der Waals surface area (Å²) in [6, 6.07) is 7.19. The molecule has 0 aromatic heterocycles. The van der Waals surface area contributed by atoms with Crippen molar-refractivity contribution < 1.29 is 8.42 Å². The Bertz CT molecular complexity index is 488. The van der Waals surface area contributed by atoms with Gasteiger partial charge < -0.3 is 0 Å². The van der Waals surface area contributed by atoms with Crippen LogP contribution in [0.15, 0.2) is 29.2 Å². The first-order chi connectivity index (χ1) is 8.58. The maximum atomic E-state index is 12.3. The molecule has 1 fully saturated rings. The molecule has 0 spiro atoms. The molecule has 0 radical (unpaired) electrons. The quantitative estimate of drug-likeness (QED) is 0.856. The van der Waals surface area contributed by atoms with Gasteiger partial charge in [-0.1, -0.05) is 37.8 Å². The molecule has 0 aliphatic heterocycles. The van der Waals surface area contributed by atoms with Gasteiger partial charge in [0.25, 0.3) is 0 Å². The van der Waals surface area contributed by atoms with E-state index in [1.165, 1.54) is 12.8 Å². The molecule has 100 valence electrons. The third-order valence-electron chi connectivity index (χ3n) is 3.48. The second-order valence-corrected chi connectivity index (χ2v) is 6.84. The van der Waals surface area contributed by atoms with Crippen LogP contribution in [0.4, 0.5) is 0 Å². The lowest BCUT2D eigenvalue weighted by Crippen LogP contribution is -2.34. The minimum Gasteiger partial charge on any atom is -0.208 e. The molecule has 1 aromatic rings. The predicted molar refractivity (Wildman–Crippen MR) is 73.0 cm³/mol. The largest absolute Gasteiger partial charge is 0.240 e. The van der Waals surface area contributed by atoms with Crippen molar-refractivity contribution >= 4 is 10.0 Å². The number of sulfonamides is 1. The molecule has 0 unspecified atom stereocenters. The molecule has 0 bridgehead atoms. The van der Waals surface area contributed by atoms with Gasteiger partial charge in [-0.2, -0.15) is 0 Å². The zero-order valence-corrected chi connectivity index (χ0v) is 11.7. The van der Waals surface area contributed by atoms with E-state index in [4.69, 9.17) is 0 Å². The molecule has 1 aromatic carbocycles. The Hall–Kier alpha value is -0.870. The molecule has 4 heteroatoms. The number of aryl methyl sites for hydroxylation is 1. The Kier molecular flexibility index (Phi) is 4.40. The summed E-state index contributed by atoms with van der Waals surface area (Å²) in [5, 5.41) is 0. The molecule has 18 heavy (non-hydrogen) atoms. The molecule has 1 saturated carbocycles. The van der Waals surface area contributed by atoms with Crippen LogP contribution < -0.4 is 4.72 Å². The van der Waals surface area contributed by atoms with Crippen LogP contribution in [0.2, 0.25) is 0 Å². The van der Waals surface area contributed by atoms with Crippen LogP contribution in [0, 0.1) is 6.92 Å². The molecule has 0 heterocycles. The lowest BCUT2D eigenvalue weighted by Gasteiger charge is -2.16. The molecule has 1 N–H and O–H groups in total. The summed E-state index contributed by atoms with van der Waals surface area (Å²) in [4.78, 5) is 0.381. The molecule has 1 aliphatic rings. The van der Waals surface area contributed by atoms with Crippen molar-refractivity contribution in [3.8, 4) is 0 Å². The fourth-order valence-electron chi connectivity index (χ4n) is 2.47. The van der Waals surface area contributed by atoms with Crippen LogP contribution in [-0.4, -0.2) is 14.5 Å². The number of rotatable bonds is 3. The second kappa shape index (κ2) is 5.85. The standard InChI is InChI=1S/C14H21NO2S/c1-12-7-6-10-14(11-12)18(16,17)15-13-8-4-2-3-5-9-13/h6-7,10-11,13,15H,2-5,8-9H2,1H3. The first-order valence-corrected chi connectivity index (χ1v) is 8.15. The monoisotopic (exact) mass is 267 g/mol. The minimum absolute atomic E-state index is 0.109. The van der Waals surface area contributed by atoms with E-state index in [1.54, 1.807) is 18.2 Å². The minimum atomic E-state index is -3.35. The SMILES string of the molecule is Cc1cccc(S(=O)(=O)NC2CCCCCC2)c1. The summed E-state index contributed by atoms with van der Waals surface area (Å²) in [7, 11) is -3.35. The van der Waals surface area contributed by atoms with Crippen LogP contribution in [0.5, 0.6) is 0 Å². The second-order valence-electron chi connectivity index (χ2n) is 5.13. The molecular weight excluding hydrogens is 246 g/mol. The topological polar surface area (TPSA) is 46.2 Å². The van der Waals surface area contributed by atoms with E-state index in [9.17, 15) is 8.42 Å². The van der Waals surface area contributed by atoms with Crippen molar-refractivity contribution in [3.05, 3.63) is 29.8 Å². The van der Waals surface area contributed by atoms with Gasteiger partial charge in [0, 0.05) is 6.04 Å². The van der Waals surface area contributed by atoms with E-state index in [0.717, 1.165) is 31.2 Å². The molecule has 0 amide bonds. The highest BCUT2D eigenvalue weighted by Gasteiger charge is 2.20. The summed E-state index contributed by atoms with van der Waals surface area (Å²) in [5.41, 5.74) is 0.971. The van der Waals surface area contributed by atoms with Crippen molar-refractivity contribution in [1.82, 2.24) is 4.72 Å². The van der Waals surface area contributed by atoms with Gasteiger partial charge in [-0.3, -0.25) is 0 Å². The Morgan fingerprint density at radius 2 is 1.78 bits per heavy atom. The zero-order chi connectivity index (χ0) is 13.0. The fourth-order valence-corrected chi connectivity index (χ4v) is 3.88. The van der Waals surface area contributed by atoms with E-state index < -0.39 is 10.0 Å². The van der Waals surface area contributed by atoms with E-state index in [-0.39, 0.29) is 6.04 Å². The lowest BCUT2D eigenvalue weighted by molar-refractivity contribution is 0.510. The summed E-state index contributed by atoms with van der Waals surface area (Å²) < 4.78 is 27.4. The van der Waals surface area contributed by atoms with Crippen LogP contribution in [0.25, 0.3) is 0 Å². The highest BCUT2D eigenvalue weighted by molar-refractivity contribution is 7.89. The van der Waals surface area contributed by atoms with Gasteiger partial charge in [0.15, 0.2) is 0 Å². The normalized spacial score (nSPS) is 18.5. The van der Waals surface area contributed by atoms with Gasteiger partial charge in [-0.25, -0.2) is 13.1 Å². The number of nitrogens with one attached hydrogen (secondary N) is 1. The summed E-state index contributed by atoms with van der Waals surface area (Å²) in [6.07, 6.45) is 6.63. The van der Waals surface area contributed by atoms with Crippen molar-refractivity contribution in [1.29, 1.82) is 0 Å². The van der Waals surface area contributed by atoms with Gasteiger partial charge in [-0.15, -0.1) is 0 Å². The van der Waals surface area contributed by atoms with Crippen LogP contribution in [0.3, 0.4) is 0 Å². The van der Waals surface area contributed by atoms with Crippen molar-refractivity contribution in [2.24, 2.45) is 0 Å². The predicted octanol–water partition coefficient (Wildman–Crippen LogP) is 3.00. The molecule has 0 saturated heterocycles. The average molecular weight is 267 g/mol. The Balaban J connectivity index is 2.11. The fraction of sp³-hybridized carbons (Fsp3) is 0.571. The van der Waals surface area contributed by atoms with Gasteiger partial charge in [-0.05, 0) is 37.5 Å². The van der Waals surface area contributed by atoms with E-state index in [0.29, 0.717) is 4.90 Å². The van der Waals surface area contributed by atoms with Crippen LogP contribution in [0.1, 0.15) is 44.1 Å². The highest BCUT2D eigenvalue weighted by Crippen LogP contribution is 2.19. The third-order valence-corrected chi connectivity index (χ3v) is 4.99. The maximum absolute atomic E-state index is 12.3. The van der Waals surface area contributed by atoms with Crippen molar-refractivity contribution in [2.75, 3.05) is 0 Å². The molecule has 2 rings (SSSR count). The van der Waals surface area contributed by atoms with E-state index in [2.05, 4.69) is 4.72 Å². The highest BCUT2D eigenvalue weighted by atomic mass is 32.2. The van der Waals surface area contributed by atoms with Gasteiger partial charge in [0.05, 0.1) is 4.90 Å². The third kappa shape index (κ3) is 3.56. The molecular formula is C14H21NO2S. The Morgan fingerprint density at radius 3 is 2.39 bits per heavy atom. The average Bonchev–Trinajstić information content (AvgIpc) is 2.57. The Morgan fingerprint density at radius 1 is 1.11 bits per heavy atom. The van der Waals surface area contributed by atoms with Gasteiger partial charge in [0.2, 0.25) is 10.0 Å². The summed E-state index contributed by atoms with van der Waals surface area (Å²) in [6.45, 7) is 1.91. The first kappa shape index (κ1) is 13.6. The molecule has 3 nitrogen and oxygen atoms in total. The van der Waals surface area contributed by atoms with Crippen molar-refractivity contribution in [2.45, 2.75) is 56.4 Å². The maximum Gasteiger partial charge on any atom is 0.240 e. The summed E-state index contributed by atoms with van der Waals surface area (Å²) in [5.74, 6) is 0. The molecule has 0 atom stereocenters. The first-order valence-electron chi connectivity index (χ1n) is 6.67. The van der Waals surface area contributed by atoms with Gasteiger partial charge in [0.1, 0.15) is 0 Å².